The van der Waals surface area contributed by atoms with Crippen LogP contribution < -0.4 is 11.1 Å². The molecule has 0 aliphatic heterocycles. The van der Waals surface area contributed by atoms with Crippen molar-refractivity contribution in [1.29, 1.82) is 0 Å². The average Bonchev–Trinajstić information content (AvgIpc) is 2.46. The molecule has 1 aromatic rings. The Morgan fingerprint density at radius 1 is 1.12 bits per heavy atom. The standard InChI is InChI=1S/C18H24N2O5/c1-10-7-12(15(19)21)8-11(2)13(10)9-14(16(22)24-6)20-17(23)25-18(3,4)5/h7-9H,1-6H3,(H2,19,21)(H,20,23)/b14-9-. The molecule has 0 atom stereocenters. The Morgan fingerprint density at radius 3 is 2.04 bits per heavy atom. The van der Waals surface area contributed by atoms with E-state index in [1.54, 1.807) is 46.8 Å². The topological polar surface area (TPSA) is 108 Å². The first-order valence-electron chi connectivity index (χ1n) is 7.65. The van der Waals surface area contributed by atoms with Crippen LogP contribution in [0.4, 0.5) is 4.79 Å². The highest BCUT2D eigenvalue weighted by molar-refractivity contribution is 5.98. The maximum Gasteiger partial charge on any atom is 0.412 e. The zero-order valence-corrected chi connectivity index (χ0v) is 15.4. The van der Waals surface area contributed by atoms with E-state index in [0.717, 1.165) is 11.1 Å². The van der Waals surface area contributed by atoms with Crippen molar-refractivity contribution in [2.24, 2.45) is 5.73 Å². The molecule has 3 N–H and O–H groups in total. The van der Waals surface area contributed by atoms with Crippen LogP contribution >= 0.6 is 0 Å². The van der Waals surface area contributed by atoms with Crippen LogP contribution in [0.3, 0.4) is 0 Å². The molecule has 0 aromatic heterocycles. The van der Waals surface area contributed by atoms with Gasteiger partial charge in [0, 0.05) is 5.56 Å². The Morgan fingerprint density at radius 2 is 1.64 bits per heavy atom. The number of ether oxygens (including phenoxy) is 2. The lowest BCUT2D eigenvalue weighted by atomic mass is 9.98. The van der Waals surface area contributed by atoms with Crippen molar-refractivity contribution >= 4 is 24.0 Å². The van der Waals surface area contributed by atoms with Gasteiger partial charge in [0.1, 0.15) is 11.3 Å². The molecule has 0 unspecified atom stereocenters. The quantitative estimate of drug-likeness (QED) is 0.642. The van der Waals surface area contributed by atoms with E-state index in [2.05, 4.69) is 5.32 Å². The Hall–Kier alpha value is -2.83. The number of benzene rings is 1. The van der Waals surface area contributed by atoms with E-state index in [1.807, 2.05) is 0 Å². The third kappa shape index (κ3) is 5.95. The molecule has 7 nitrogen and oxygen atoms in total. The number of carbonyl (C=O) groups is 3. The fourth-order valence-corrected chi connectivity index (χ4v) is 2.16. The number of methoxy groups -OCH3 is 1. The number of amides is 2. The molecule has 7 heteroatoms. The Bertz CT molecular complexity index is 706. The number of alkyl carbamates (subject to hydrolysis) is 1. The highest BCUT2D eigenvalue weighted by Gasteiger charge is 2.20. The molecule has 0 spiro atoms. The lowest BCUT2D eigenvalue weighted by molar-refractivity contribution is -0.136. The van der Waals surface area contributed by atoms with Crippen molar-refractivity contribution in [2.45, 2.75) is 40.2 Å². The molecule has 0 fully saturated rings. The molecular formula is C18H24N2O5. The van der Waals surface area contributed by atoms with Crippen LogP contribution in [0.5, 0.6) is 0 Å². The second kappa shape index (κ2) is 7.83. The van der Waals surface area contributed by atoms with Crippen molar-refractivity contribution in [3.05, 3.63) is 40.1 Å². The normalized spacial score (nSPS) is 11.7. The number of nitrogens with one attached hydrogen (secondary N) is 1. The zero-order chi connectivity index (χ0) is 19.4. The first-order valence-corrected chi connectivity index (χ1v) is 7.65. The van der Waals surface area contributed by atoms with Crippen LogP contribution in [-0.4, -0.2) is 30.7 Å². The minimum absolute atomic E-state index is 0.0743. The first kappa shape index (κ1) is 20.2. The van der Waals surface area contributed by atoms with Crippen LogP contribution in [0.25, 0.3) is 6.08 Å². The molecule has 1 aromatic carbocycles. The molecule has 0 aliphatic rings. The maximum absolute atomic E-state index is 12.0. The first-order chi connectivity index (χ1) is 11.4. The number of hydrogen-bond donors (Lipinski definition) is 2. The summed E-state index contributed by atoms with van der Waals surface area (Å²) in [5.41, 5.74) is 7.00. The molecule has 0 radical (unpaired) electrons. The van der Waals surface area contributed by atoms with Crippen LogP contribution in [0.15, 0.2) is 17.8 Å². The fourth-order valence-electron chi connectivity index (χ4n) is 2.16. The molecule has 0 heterocycles. The van der Waals surface area contributed by atoms with Crippen molar-refractivity contribution < 1.29 is 23.9 Å². The summed E-state index contributed by atoms with van der Waals surface area (Å²) in [5.74, 6) is -1.26. The van der Waals surface area contributed by atoms with Gasteiger partial charge < -0.3 is 15.2 Å². The minimum Gasteiger partial charge on any atom is -0.464 e. The van der Waals surface area contributed by atoms with Gasteiger partial charge in [0.25, 0.3) is 0 Å². The lowest BCUT2D eigenvalue weighted by Crippen LogP contribution is -2.34. The number of nitrogens with two attached hydrogens (primary N) is 1. The van der Waals surface area contributed by atoms with Gasteiger partial charge >= 0.3 is 12.1 Å². The monoisotopic (exact) mass is 348 g/mol. The number of esters is 1. The van der Waals surface area contributed by atoms with Gasteiger partial charge in [0.05, 0.1) is 7.11 Å². The maximum atomic E-state index is 12.0. The number of primary amides is 1. The van der Waals surface area contributed by atoms with E-state index in [9.17, 15) is 14.4 Å². The SMILES string of the molecule is COC(=O)/C(=C/c1c(C)cc(C(N)=O)cc1C)NC(=O)OC(C)(C)C. The van der Waals surface area contributed by atoms with Gasteiger partial charge in [-0.25, -0.2) is 9.59 Å². The van der Waals surface area contributed by atoms with Crippen LogP contribution in [0, 0.1) is 13.8 Å². The summed E-state index contributed by atoms with van der Waals surface area (Å²) in [6.07, 6.45) is 0.707. The number of rotatable bonds is 4. The lowest BCUT2D eigenvalue weighted by Gasteiger charge is -2.20. The molecule has 0 saturated heterocycles. The summed E-state index contributed by atoms with van der Waals surface area (Å²) in [6.45, 7) is 8.68. The van der Waals surface area contributed by atoms with E-state index in [4.69, 9.17) is 15.2 Å². The second-order valence-electron chi connectivity index (χ2n) is 6.56. The molecule has 0 aliphatic carbocycles. The van der Waals surface area contributed by atoms with E-state index in [1.165, 1.54) is 13.2 Å². The van der Waals surface area contributed by atoms with Gasteiger partial charge in [-0.2, -0.15) is 0 Å². The molecule has 136 valence electrons. The Labute approximate surface area is 147 Å². The molecule has 0 saturated carbocycles. The predicted molar refractivity (Wildman–Crippen MR) is 93.8 cm³/mol. The summed E-state index contributed by atoms with van der Waals surface area (Å²) in [5, 5.41) is 2.40. The second-order valence-corrected chi connectivity index (χ2v) is 6.56. The van der Waals surface area contributed by atoms with Crippen LogP contribution in [0.2, 0.25) is 0 Å². The van der Waals surface area contributed by atoms with Crippen molar-refractivity contribution in [3.63, 3.8) is 0 Å². The van der Waals surface area contributed by atoms with E-state index in [-0.39, 0.29) is 5.70 Å². The largest absolute Gasteiger partial charge is 0.464 e. The van der Waals surface area contributed by atoms with Gasteiger partial charge in [-0.05, 0) is 69.5 Å². The Balaban J connectivity index is 3.26. The summed E-state index contributed by atoms with van der Waals surface area (Å²) in [7, 11) is 1.21. The molecule has 0 bridgehead atoms. The van der Waals surface area contributed by atoms with Crippen LogP contribution in [-0.2, 0) is 14.3 Å². The third-order valence-corrected chi connectivity index (χ3v) is 3.21. The van der Waals surface area contributed by atoms with Gasteiger partial charge in [-0.15, -0.1) is 0 Å². The third-order valence-electron chi connectivity index (χ3n) is 3.21. The molecule has 2 amide bonds. The predicted octanol–water partition coefficient (Wildman–Crippen LogP) is 2.44. The summed E-state index contributed by atoms with van der Waals surface area (Å²) in [4.78, 5) is 35.3. The van der Waals surface area contributed by atoms with Crippen LogP contribution in [0.1, 0.15) is 47.8 Å². The average molecular weight is 348 g/mol. The highest BCUT2D eigenvalue weighted by Crippen LogP contribution is 2.20. The summed E-state index contributed by atoms with van der Waals surface area (Å²) < 4.78 is 9.86. The number of hydrogen-bond acceptors (Lipinski definition) is 5. The summed E-state index contributed by atoms with van der Waals surface area (Å²) in [6, 6.07) is 3.23. The Kier molecular flexibility index (Phi) is 6.33. The van der Waals surface area contributed by atoms with Gasteiger partial charge in [0.2, 0.25) is 5.91 Å². The van der Waals surface area contributed by atoms with Crippen molar-refractivity contribution in [3.8, 4) is 0 Å². The van der Waals surface area contributed by atoms with E-state index >= 15 is 0 Å². The molecule has 1 rings (SSSR count). The number of carbonyl (C=O) groups excluding carboxylic acids is 3. The highest BCUT2D eigenvalue weighted by atomic mass is 16.6. The summed E-state index contributed by atoms with van der Waals surface area (Å²) >= 11 is 0. The fraction of sp³-hybridized carbons (Fsp3) is 0.389. The molecule has 25 heavy (non-hydrogen) atoms. The van der Waals surface area contributed by atoms with Crippen molar-refractivity contribution in [1.82, 2.24) is 5.32 Å². The number of aryl methyl sites for hydroxylation is 2. The minimum atomic E-state index is -0.770. The zero-order valence-electron chi connectivity index (χ0n) is 15.4. The smallest absolute Gasteiger partial charge is 0.412 e. The van der Waals surface area contributed by atoms with E-state index < -0.39 is 23.6 Å². The van der Waals surface area contributed by atoms with Gasteiger partial charge in [-0.1, -0.05) is 0 Å². The van der Waals surface area contributed by atoms with Gasteiger partial charge in [0.15, 0.2) is 0 Å². The van der Waals surface area contributed by atoms with Crippen molar-refractivity contribution in [2.75, 3.05) is 7.11 Å². The van der Waals surface area contributed by atoms with E-state index in [0.29, 0.717) is 11.1 Å². The molecular weight excluding hydrogens is 324 g/mol. The van der Waals surface area contributed by atoms with Gasteiger partial charge in [-0.3, -0.25) is 10.1 Å².